The van der Waals surface area contributed by atoms with Crippen molar-refractivity contribution in [2.75, 3.05) is 18.4 Å². The fourth-order valence-electron chi connectivity index (χ4n) is 3.72. The minimum atomic E-state index is -0.435. The lowest BCUT2D eigenvalue weighted by molar-refractivity contribution is -0.384. The quantitative estimate of drug-likeness (QED) is 0.551. The number of amides is 1. The van der Waals surface area contributed by atoms with Gasteiger partial charge < -0.3 is 10.6 Å². The first-order valence-corrected chi connectivity index (χ1v) is 9.95. The number of nitrogens with one attached hydrogen (secondary N) is 2. The molecule has 0 saturated carbocycles. The van der Waals surface area contributed by atoms with E-state index in [9.17, 15) is 14.9 Å². The molecule has 0 aliphatic carbocycles. The summed E-state index contributed by atoms with van der Waals surface area (Å²) in [4.78, 5) is 25.7. The number of hydrogen-bond acceptors (Lipinski definition) is 5. The lowest BCUT2D eigenvalue weighted by Gasteiger charge is -2.19. The van der Waals surface area contributed by atoms with Crippen molar-refractivity contribution in [2.24, 2.45) is 5.92 Å². The van der Waals surface area contributed by atoms with Gasteiger partial charge in [-0.2, -0.15) is 0 Å². The van der Waals surface area contributed by atoms with Crippen molar-refractivity contribution in [1.82, 2.24) is 10.2 Å². The summed E-state index contributed by atoms with van der Waals surface area (Å²) in [6, 6.07) is 15.0. The number of nitro benzene ring substituents is 1. The van der Waals surface area contributed by atoms with Gasteiger partial charge in [-0.3, -0.25) is 19.8 Å². The summed E-state index contributed by atoms with van der Waals surface area (Å²) >= 11 is 0. The molecule has 2 aromatic rings. The van der Waals surface area contributed by atoms with Crippen LogP contribution in [0.25, 0.3) is 0 Å². The Balaban J connectivity index is 1.72. The van der Waals surface area contributed by atoms with Crippen molar-refractivity contribution in [3.63, 3.8) is 0 Å². The molecule has 0 spiro atoms. The molecular formula is C22H28N4O3. The Kier molecular flexibility index (Phi) is 6.49. The molecule has 1 amide bonds. The second-order valence-electron chi connectivity index (χ2n) is 8.02. The van der Waals surface area contributed by atoms with Gasteiger partial charge >= 0.3 is 0 Å². The Hall–Kier alpha value is -2.93. The minimum absolute atomic E-state index is 0.0331. The Bertz CT molecular complexity index is 870. The van der Waals surface area contributed by atoms with Gasteiger partial charge in [0, 0.05) is 43.3 Å². The third kappa shape index (κ3) is 5.32. The van der Waals surface area contributed by atoms with Crippen LogP contribution in [0, 0.1) is 16.0 Å². The number of likely N-dealkylation sites (tertiary alicyclic amines) is 1. The highest BCUT2D eigenvalue weighted by Gasteiger charge is 2.31. The molecule has 2 N–H and O–H groups in total. The lowest BCUT2D eigenvalue weighted by atomic mass is 10.1. The van der Waals surface area contributed by atoms with Crippen molar-refractivity contribution < 1.29 is 9.72 Å². The highest BCUT2D eigenvalue weighted by molar-refractivity contribution is 5.95. The van der Waals surface area contributed by atoms with Crippen molar-refractivity contribution in [3.05, 3.63) is 69.8 Å². The third-order valence-electron chi connectivity index (χ3n) is 5.15. The van der Waals surface area contributed by atoms with E-state index in [1.54, 1.807) is 12.1 Å². The summed E-state index contributed by atoms with van der Waals surface area (Å²) in [5, 5.41) is 17.7. The molecule has 1 aliphatic rings. The monoisotopic (exact) mass is 396 g/mol. The zero-order valence-electron chi connectivity index (χ0n) is 17.1. The van der Waals surface area contributed by atoms with Crippen molar-refractivity contribution in [2.45, 2.75) is 39.4 Å². The van der Waals surface area contributed by atoms with Crippen LogP contribution in [0.5, 0.6) is 0 Å². The van der Waals surface area contributed by atoms with Crippen molar-refractivity contribution in [3.8, 4) is 0 Å². The van der Waals surface area contributed by atoms with E-state index in [1.807, 2.05) is 32.0 Å². The van der Waals surface area contributed by atoms with Crippen LogP contribution in [-0.2, 0) is 6.54 Å². The molecule has 1 heterocycles. The van der Waals surface area contributed by atoms with E-state index in [0.717, 1.165) is 19.6 Å². The Morgan fingerprint density at radius 2 is 1.93 bits per heavy atom. The van der Waals surface area contributed by atoms with Crippen LogP contribution in [-0.4, -0.2) is 40.9 Å². The van der Waals surface area contributed by atoms with E-state index >= 15 is 0 Å². The van der Waals surface area contributed by atoms with E-state index in [0.29, 0.717) is 17.2 Å². The van der Waals surface area contributed by atoms with Gasteiger partial charge in [0.2, 0.25) is 0 Å². The van der Waals surface area contributed by atoms with Crippen molar-refractivity contribution in [1.29, 1.82) is 0 Å². The predicted octanol–water partition coefficient (Wildman–Crippen LogP) is 3.67. The first-order chi connectivity index (χ1) is 13.8. The molecule has 1 aliphatic heterocycles. The second kappa shape index (κ2) is 9.05. The summed E-state index contributed by atoms with van der Waals surface area (Å²) in [6.45, 7) is 8.45. The van der Waals surface area contributed by atoms with Gasteiger partial charge in [0.05, 0.1) is 4.92 Å². The first kappa shape index (κ1) is 20.8. The van der Waals surface area contributed by atoms with Gasteiger partial charge in [-0.15, -0.1) is 0 Å². The normalized spacial score (nSPS) is 19.3. The fourth-order valence-corrected chi connectivity index (χ4v) is 3.72. The summed E-state index contributed by atoms with van der Waals surface area (Å²) in [5.41, 5.74) is 1.93. The van der Waals surface area contributed by atoms with Crippen LogP contribution in [0.15, 0.2) is 48.5 Å². The number of nitrogens with zero attached hydrogens (tertiary/aromatic N) is 2. The van der Waals surface area contributed by atoms with Gasteiger partial charge in [-0.25, -0.2) is 0 Å². The van der Waals surface area contributed by atoms with Gasteiger partial charge in [0.1, 0.15) is 5.69 Å². The molecule has 154 valence electrons. The van der Waals surface area contributed by atoms with E-state index in [4.69, 9.17) is 0 Å². The smallest absolute Gasteiger partial charge is 0.293 e. The molecule has 0 radical (unpaired) electrons. The zero-order chi connectivity index (χ0) is 21.0. The molecule has 0 bridgehead atoms. The summed E-state index contributed by atoms with van der Waals surface area (Å²) < 4.78 is 0. The van der Waals surface area contributed by atoms with Crippen LogP contribution in [0.3, 0.4) is 0 Å². The highest BCUT2D eigenvalue weighted by atomic mass is 16.6. The number of anilines is 1. The van der Waals surface area contributed by atoms with Gasteiger partial charge in [-0.05, 0) is 37.5 Å². The summed E-state index contributed by atoms with van der Waals surface area (Å²) in [5.74, 6) is 0.0418. The maximum Gasteiger partial charge on any atom is 0.293 e. The molecule has 29 heavy (non-hydrogen) atoms. The van der Waals surface area contributed by atoms with Crippen LogP contribution in [0.4, 0.5) is 11.4 Å². The lowest BCUT2D eigenvalue weighted by Crippen LogP contribution is -2.30. The topological polar surface area (TPSA) is 87.5 Å². The van der Waals surface area contributed by atoms with Crippen LogP contribution in [0.2, 0.25) is 0 Å². The zero-order valence-corrected chi connectivity index (χ0v) is 17.1. The Labute approximate surface area is 171 Å². The number of nitro groups is 1. The minimum Gasteiger partial charge on any atom is -0.375 e. The average Bonchev–Trinajstić information content (AvgIpc) is 3.01. The Morgan fingerprint density at radius 1 is 1.21 bits per heavy atom. The molecule has 7 heteroatoms. The van der Waals surface area contributed by atoms with Crippen LogP contribution < -0.4 is 10.6 Å². The number of rotatable bonds is 7. The molecule has 3 rings (SSSR count). The molecular weight excluding hydrogens is 368 g/mol. The number of carbonyl (C=O) groups is 1. The predicted molar refractivity (Wildman–Crippen MR) is 114 cm³/mol. The van der Waals surface area contributed by atoms with Crippen molar-refractivity contribution >= 4 is 17.3 Å². The van der Waals surface area contributed by atoms with E-state index in [-0.39, 0.29) is 23.7 Å². The SMILES string of the molecule is CC(C)NC(=O)c1ccc(NC2CN(Cc3ccccc3)CC2C)c([N+](=O)[O-])c1. The largest absolute Gasteiger partial charge is 0.375 e. The summed E-state index contributed by atoms with van der Waals surface area (Å²) in [6.07, 6.45) is 0. The maximum atomic E-state index is 12.2. The van der Waals surface area contributed by atoms with Crippen LogP contribution in [0.1, 0.15) is 36.7 Å². The molecule has 0 aromatic heterocycles. The van der Waals surface area contributed by atoms with E-state index in [2.05, 4.69) is 34.6 Å². The molecule has 2 atom stereocenters. The van der Waals surface area contributed by atoms with Gasteiger partial charge in [-0.1, -0.05) is 37.3 Å². The molecule has 2 aromatic carbocycles. The number of benzene rings is 2. The molecule has 1 saturated heterocycles. The van der Waals surface area contributed by atoms with E-state index < -0.39 is 4.92 Å². The Morgan fingerprint density at radius 3 is 2.59 bits per heavy atom. The van der Waals surface area contributed by atoms with Gasteiger partial charge in [0.25, 0.3) is 11.6 Å². The van der Waals surface area contributed by atoms with Crippen LogP contribution >= 0.6 is 0 Å². The third-order valence-corrected chi connectivity index (χ3v) is 5.15. The standard InChI is InChI=1S/C22H28N4O3/c1-15(2)23-22(27)18-9-10-19(21(11-18)26(28)29)24-20-14-25(12-16(20)3)13-17-7-5-4-6-8-17/h4-11,15-16,20,24H,12-14H2,1-3H3,(H,23,27). The second-order valence-corrected chi connectivity index (χ2v) is 8.02. The number of hydrogen-bond donors (Lipinski definition) is 2. The summed E-state index contributed by atoms with van der Waals surface area (Å²) in [7, 11) is 0. The molecule has 1 fully saturated rings. The molecule has 7 nitrogen and oxygen atoms in total. The van der Waals surface area contributed by atoms with Gasteiger partial charge in [0.15, 0.2) is 0 Å². The average molecular weight is 396 g/mol. The van der Waals surface area contributed by atoms with E-state index in [1.165, 1.54) is 11.6 Å². The maximum absolute atomic E-state index is 12.2. The fraction of sp³-hybridized carbons (Fsp3) is 0.409. The first-order valence-electron chi connectivity index (χ1n) is 9.95. The number of carbonyl (C=O) groups excluding carboxylic acids is 1. The highest BCUT2D eigenvalue weighted by Crippen LogP contribution is 2.29. The molecule has 2 unspecified atom stereocenters.